The van der Waals surface area contributed by atoms with Crippen LogP contribution < -0.4 is 0 Å². The molecule has 0 aliphatic rings. The van der Waals surface area contributed by atoms with Gasteiger partial charge in [-0.15, -0.1) is 6.58 Å². The molecule has 0 bridgehead atoms. The molecule has 0 aromatic heterocycles. The zero-order chi connectivity index (χ0) is 5.54. The Labute approximate surface area is 92.3 Å². The number of aliphatic hydroxyl groups excluding tert-OH is 1. The van der Waals surface area contributed by atoms with Gasteiger partial charge >= 0.3 is 51.4 Å². The van der Waals surface area contributed by atoms with E-state index in [4.69, 9.17) is 9.84 Å². The van der Waals surface area contributed by atoms with E-state index in [1.807, 2.05) is 0 Å². The van der Waals surface area contributed by atoms with Crippen LogP contribution in [-0.2, 0) is 4.74 Å². The Morgan fingerprint density at radius 1 is 1.62 bits per heavy atom. The fraction of sp³-hybridized carbons (Fsp3) is 0.600. The Bertz CT molecular complexity index is 47.7. The molecule has 0 amide bonds. The standard InChI is InChI=1S/C5H10O2.K.H/c1-2-4-7-5-3-6;;/h2,6H,1,3-5H2;;. The van der Waals surface area contributed by atoms with Crippen LogP contribution in [0.3, 0.4) is 0 Å². The van der Waals surface area contributed by atoms with Crippen LogP contribution in [-0.4, -0.2) is 76.3 Å². The minimum atomic E-state index is 0. The van der Waals surface area contributed by atoms with Crippen LogP contribution in [0.2, 0.25) is 0 Å². The number of rotatable bonds is 4. The van der Waals surface area contributed by atoms with E-state index < -0.39 is 0 Å². The van der Waals surface area contributed by atoms with Crippen LogP contribution in [0.15, 0.2) is 12.7 Å². The van der Waals surface area contributed by atoms with Gasteiger partial charge in [-0.25, -0.2) is 0 Å². The van der Waals surface area contributed by atoms with Crippen LogP contribution >= 0.6 is 0 Å². The third kappa shape index (κ3) is 10.3. The van der Waals surface area contributed by atoms with Crippen molar-refractivity contribution in [3.63, 3.8) is 0 Å². The topological polar surface area (TPSA) is 29.5 Å². The van der Waals surface area contributed by atoms with Gasteiger partial charge in [-0.3, -0.25) is 0 Å². The molecule has 0 unspecified atom stereocenters. The summed E-state index contributed by atoms with van der Waals surface area (Å²) >= 11 is 0. The first kappa shape index (κ1) is 12.0. The van der Waals surface area contributed by atoms with E-state index in [-0.39, 0.29) is 58.0 Å². The SMILES string of the molecule is C=CCOCCO.[KH]. The Kier molecular flexibility index (Phi) is 16.7. The van der Waals surface area contributed by atoms with Gasteiger partial charge in [0.1, 0.15) is 0 Å². The Morgan fingerprint density at radius 3 is 2.62 bits per heavy atom. The van der Waals surface area contributed by atoms with E-state index in [9.17, 15) is 0 Å². The number of hydrogen-bond acceptors (Lipinski definition) is 2. The Hall–Kier alpha value is 1.30. The maximum atomic E-state index is 8.13. The zero-order valence-corrected chi connectivity index (χ0v) is 4.26. The summed E-state index contributed by atoms with van der Waals surface area (Å²) in [5.74, 6) is 0. The molecule has 1 N–H and O–H groups in total. The first-order valence-electron chi connectivity index (χ1n) is 2.21. The summed E-state index contributed by atoms with van der Waals surface area (Å²) in [5.41, 5.74) is 0. The third-order valence-electron chi connectivity index (χ3n) is 0.471. The van der Waals surface area contributed by atoms with Gasteiger partial charge in [0.2, 0.25) is 0 Å². The van der Waals surface area contributed by atoms with E-state index in [2.05, 4.69) is 6.58 Å². The van der Waals surface area contributed by atoms with Crippen LogP contribution in [0.1, 0.15) is 0 Å². The quantitative estimate of drug-likeness (QED) is 0.327. The predicted molar refractivity (Wildman–Crippen MR) is 35.3 cm³/mol. The normalized spacial score (nSPS) is 7.62. The van der Waals surface area contributed by atoms with Gasteiger partial charge in [-0.2, -0.15) is 0 Å². The maximum absolute atomic E-state index is 8.13. The monoisotopic (exact) mass is 142 g/mol. The van der Waals surface area contributed by atoms with Crippen molar-refractivity contribution in [3.8, 4) is 0 Å². The van der Waals surface area contributed by atoms with Gasteiger partial charge in [0.05, 0.1) is 19.8 Å². The summed E-state index contributed by atoms with van der Waals surface area (Å²) in [5, 5.41) is 8.13. The minimum absolute atomic E-state index is 0. The molecule has 0 atom stereocenters. The first-order valence-corrected chi connectivity index (χ1v) is 2.21. The zero-order valence-electron chi connectivity index (χ0n) is 4.26. The molecular weight excluding hydrogens is 131 g/mol. The molecular formula is C5H11KO2. The molecule has 44 valence electrons. The summed E-state index contributed by atoms with van der Waals surface area (Å²) in [4.78, 5) is 0. The predicted octanol–water partition coefficient (Wildman–Crippen LogP) is -0.467. The molecule has 0 aliphatic heterocycles. The average molecular weight is 142 g/mol. The van der Waals surface area contributed by atoms with E-state index in [1.165, 1.54) is 0 Å². The second-order valence-electron chi connectivity index (χ2n) is 1.09. The van der Waals surface area contributed by atoms with Gasteiger partial charge in [-0.05, 0) is 0 Å². The fourth-order valence-corrected chi connectivity index (χ4v) is 0.231. The summed E-state index contributed by atoms with van der Waals surface area (Å²) in [7, 11) is 0. The van der Waals surface area contributed by atoms with Crippen molar-refractivity contribution in [1.82, 2.24) is 0 Å². The summed E-state index contributed by atoms with van der Waals surface area (Å²) in [6.45, 7) is 4.45. The first-order chi connectivity index (χ1) is 3.41. The van der Waals surface area contributed by atoms with E-state index in [0.717, 1.165) is 0 Å². The van der Waals surface area contributed by atoms with Crippen molar-refractivity contribution >= 4 is 51.4 Å². The van der Waals surface area contributed by atoms with Gasteiger partial charge in [-0.1, -0.05) is 6.08 Å². The van der Waals surface area contributed by atoms with Crippen LogP contribution in [0.4, 0.5) is 0 Å². The third-order valence-corrected chi connectivity index (χ3v) is 0.471. The summed E-state index contributed by atoms with van der Waals surface area (Å²) < 4.78 is 4.76. The molecule has 3 heteroatoms. The van der Waals surface area contributed by atoms with Gasteiger partial charge in [0.25, 0.3) is 0 Å². The summed E-state index contributed by atoms with van der Waals surface area (Å²) in [6, 6.07) is 0. The molecule has 8 heavy (non-hydrogen) atoms. The van der Waals surface area contributed by atoms with E-state index in [0.29, 0.717) is 13.2 Å². The molecule has 0 heterocycles. The molecule has 0 aromatic carbocycles. The van der Waals surface area contributed by atoms with Gasteiger partial charge in [0.15, 0.2) is 0 Å². The van der Waals surface area contributed by atoms with Crippen LogP contribution in [0, 0.1) is 0 Å². The van der Waals surface area contributed by atoms with Crippen molar-refractivity contribution in [2.24, 2.45) is 0 Å². The second kappa shape index (κ2) is 11.1. The van der Waals surface area contributed by atoms with E-state index >= 15 is 0 Å². The molecule has 0 aliphatic carbocycles. The number of hydrogen-bond donors (Lipinski definition) is 1. The summed E-state index contributed by atoms with van der Waals surface area (Å²) in [6.07, 6.45) is 1.65. The van der Waals surface area contributed by atoms with Gasteiger partial charge in [0, 0.05) is 0 Å². The molecule has 2 nitrogen and oxygen atoms in total. The molecule has 0 saturated heterocycles. The van der Waals surface area contributed by atoms with Crippen molar-refractivity contribution < 1.29 is 9.84 Å². The van der Waals surface area contributed by atoms with Crippen molar-refractivity contribution in [2.45, 2.75) is 0 Å². The molecule has 0 rings (SSSR count). The number of ether oxygens (including phenoxy) is 1. The van der Waals surface area contributed by atoms with Gasteiger partial charge < -0.3 is 9.84 Å². The molecule has 0 fully saturated rings. The number of aliphatic hydroxyl groups is 1. The molecule has 0 spiro atoms. The Balaban J connectivity index is 0. The van der Waals surface area contributed by atoms with E-state index in [1.54, 1.807) is 6.08 Å². The fourth-order valence-electron chi connectivity index (χ4n) is 0.231. The van der Waals surface area contributed by atoms with Crippen molar-refractivity contribution in [2.75, 3.05) is 19.8 Å². The van der Waals surface area contributed by atoms with Crippen molar-refractivity contribution in [1.29, 1.82) is 0 Å². The van der Waals surface area contributed by atoms with Crippen molar-refractivity contribution in [3.05, 3.63) is 12.7 Å². The van der Waals surface area contributed by atoms with Crippen LogP contribution in [0.25, 0.3) is 0 Å². The second-order valence-corrected chi connectivity index (χ2v) is 1.09. The molecule has 0 aromatic rings. The Morgan fingerprint density at radius 2 is 2.25 bits per heavy atom. The average Bonchev–Trinajstić information content (AvgIpc) is 1.69. The van der Waals surface area contributed by atoms with Crippen LogP contribution in [0.5, 0.6) is 0 Å². The molecule has 0 radical (unpaired) electrons. The molecule has 0 saturated carbocycles.